The van der Waals surface area contributed by atoms with E-state index in [-0.39, 0.29) is 6.10 Å². The largest absolute Gasteiger partial charge is 0.496 e. The molecule has 2 rings (SSSR count). The van der Waals surface area contributed by atoms with Gasteiger partial charge in [0.2, 0.25) is 0 Å². The fourth-order valence-corrected chi connectivity index (χ4v) is 2.25. The lowest BCUT2D eigenvalue weighted by Crippen LogP contribution is -2.13. The van der Waals surface area contributed by atoms with Gasteiger partial charge in [-0.1, -0.05) is 6.07 Å². The Morgan fingerprint density at radius 3 is 3.05 bits per heavy atom. The van der Waals surface area contributed by atoms with Crippen molar-refractivity contribution in [1.82, 2.24) is 0 Å². The second-order valence-electron chi connectivity index (χ2n) is 4.90. The van der Waals surface area contributed by atoms with Crippen LogP contribution in [0.25, 0.3) is 6.08 Å². The minimum absolute atomic E-state index is 0.203. The second kappa shape index (κ2) is 7.81. The molecule has 0 amide bonds. The van der Waals surface area contributed by atoms with Crippen molar-refractivity contribution < 1.29 is 24.1 Å². The van der Waals surface area contributed by atoms with Crippen molar-refractivity contribution in [2.45, 2.75) is 25.6 Å². The van der Waals surface area contributed by atoms with Crippen LogP contribution < -0.4 is 4.74 Å². The molecule has 5 nitrogen and oxygen atoms in total. The number of carboxylic acid groups (broad SMARTS) is 1. The number of carboxylic acids is 1. The highest BCUT2D eigenvalue weighted by Gasteiger charge is 2.15. The normalized spacial score (nSPS) is 18.2. The molecular weight excluding hydrogens is 272 g/mol. The summed E-state index contributed by atoms with van der Waals surface area (Å²) in [5, 5.41) is 8.70. The fraction of sp³-hybridized carbons (Fsp3) is 0.438. The standard InChI is InChI=1S/C16H20O5/c1-19-15-6-4-12(9-13(15)5-7-16(17)18)10-20-11-14-3-2-8-21-14/h4-7,9,14H,2-3,8,10-11H2,1H3,(H,17,18). The van der Waals surface area contributed by atoms with E-state index in [1.165, 1.54) is 6.08 Å². The molecule has 1 heterocycles. The van der Waals surface area contributed by atoms with Crippen LogP contribution >= 0.6 is 0 Å². The first-order valence-electron chi connectivity index (χ1n) is 6.96. The number of methoxy groups -OCH3 is 1. The average molecular weight is 292 g/mol. The van der Waals surface area contributed by atoms with E-state index in [2.05, 4.69) is 0 Å². The maximum atomic E-state index is 10.6. The molecule has 0 spiro atoms. The Bertz CT molecular complexity index is 503. The zero-order valence-electron chi connectivity index (χ0n) is 12.1. The molecule has 1 fully saturated rings. The summed E-state index contributed by atoms with van der Waals surface area (Å²) in [5.74, 6) is -0.354. The smallest absolute Gasteiger partial charge is 0.328 e. The van der Waals surface area contributed by atoms with Crippen LogP contribution in [0.5, 0.6) is 5.75 Å². The van der Waals surface area contributed by atoms with Crippen LogP contribution in [-0.4, -0.2) is 37.5 Å². The van der Waals surface area contributed by atoms with Crippen LogP contribution in [0, 0.1) is 0 Å². The Morgan fingerprint density at radius 2 is 2.38 bits per heavy atom. The van der Waals surface area contributed by atoms with Gasteiger partial charge in [0, 0.05) is 18.2 Å². The Balaban J connectivity index is 1.95. The summed E-state index contributed by atoms with van der Waals surface area (Å²) in [5.41, 5.74) is 1.69. The molecule has 1 aromatic carbocycles. The van der Waals surface area contributed by atoms with E-state index in [0.717, 1.165) is 36.7 Å². The summed E-state index contributed by atoms with van der Waals surface area (Å²) in [6.07, 6.45) is 4.96. The van der Waals surface area contributed by atoms with Gasteiger partial charge in [0.05, 0.1) is 26.4 Å². The highest BCUT2D eigenvalue weighted by atomic mass is 16.5. The minimum atomic E-state index is -0.989. The molecule has 0 aromatic heterocycles. The molecule has 1 atom stereocenters. The van der Waals surface area contributed by atoms with Gasteiger partial charge in [-0.3, -0.25) is 0 Å². The fourth-order valence-electron chi connectivity index (χ4n) is 2.25. The van der Waals surface area contributed by atoms with Gasteiger partial charge in [-0.05, 0) is 36.6 Å². The monoisotopic (exact) mass is 292 g/mol. The molecule has 0 bridgehead atoms. The highest BCUT2D eigenvalue weighted by Crippen LogP contribution is 2.22. The molecule has 1 aliphatic heterocycles. The molecule has 1 N–H and O–H groups in total. The van der Waals surface area contributed by atoms with Crippen LogP contribution in [-0.2, 0) is 20.9 Å². The van der Waals surface area contributed by atoms with E-state index in [1.807, 2.05) is 18.2 Å². The van der Waals surface area contributed by atoms with E-state index in [1.54, 1.807) is 7.11 Å². The average Bonchev–Trinajstić information content (AvgIpc) is 2.98. The van der Waals surface area contributed by atoms with Crippen LogP contribution in [0.3, 0.4) is 0 Å². The number of ether oxygens (including phenoxy) is 3. The third-order valence-electron chi connectivity index (χ3n) is 3.30. The Hall–Kier alpha value is -1.85. The van der Waals surface area contributed by atoms with Gasteiger partial charge in [-0.25, -0.2) is 4.79 Å². The lowest BCUT2D eigenvalue weighted by Gasteiger charge is -2.11. The number of hydrogen-bond donors (Lipinski definition) is 1. The number of hydrogen-bond acceptors (Lipinski definition) is 4. The van der Waals surface area contributed by atoms with Crippen molar-refractivity contribution in [2.24, 2.45) is 0 Å². The van der Waals surface area contributed by atoms with Gasteiger partial charge in [0.15, 0.2) is 0 Å². The van der Waals surface area contributed by atoms with Crippen molar-refractivity contribution in [1.29, 1.82) is 0 Å². The summed E-state index contributed by atoms with van der Waals surface area (Å²) in [4.78, 5) is 10.6. The maximum absolute atomic E-state index is 10.6. The van der Waals surface area contributed by atoms with Crippen molar-refractivity contribution in [3.8, 4) is 5.75 Å². The Labute approximate surface area is 124 Å². The zero-order chi connectivity index (χ0) is 15.1. The molecule has 21 heavy (non-hydrogen) atoms. The van der Waals surface area contributed by atoms with Crippen molar-refractivity contribution in [3.05, 3.63) is 35.4 Å². The van der Waals surface area contributed by atoms with E-state index in [9.17, 15) is 4.79 Å². The lowest BCUT2D eigenvalue weighted by molar-refractivity contribution is -0.131. The minimum Gasteiger partial charge on any atom is -0.496 e. The molecule has 0 saturated carbocycles. The molecule has 1 saturated heterocycles. The lowest BCUT2D eigenvalue weighted by atomic mass is 10.1. The summed E-state index contributed by atoms with van der Waals surface area (Å²) >= 11 is 0. The summed E-state index contributed by atoms with van der Waals surface area (Å²) in [6.45, 7) is 1.88. The van der Waals surface area contributed by atoms with E-state index < -0.39 is 5.97 Å². The second-order valence-corrected chi connectivity index (χ2v) is 4.90. The topological polar surface area (TPSA) is 65.0 Å². The van der Waals surface area contributed by atoms with Gasteiger partial charge in [0.25, 0.3) is 0 Å². The number of carbonyl (C=O) groups is 1. The SMILES string of the molecule is COc1ccc(COCC2CCCO2)cc1C=CC(=O)O. The van der Waals surface area contributed by atoms with Crippen LogP contribution in [0.4, 0.5) is 0 Å². The van der Waals surface area contributed by atoms with Gasteiger partial charge in [-0.2, -0.15) is 0 Å². The first kappa shape index (κ1) is 15.5. The molecule has 0 aliphatic carbocycles. The van der Waals surface area contributed by atoms with E-state index in [4.69, 9.17) is 19.3 Å². The predicted molar refractivity (Wildman–Crippen MR) is 78.3 cm³/mol. The first-order chi connectivity index (χ1) is 10.2. The quantitative estimate of drug-likeness (QED) is 0.782. The van der Waals surface area contributed by atoms with E-state index >= 15 is 0 Å². The van der Waals surface area contributed by atoms with Crippen molar-refractivity contribution in [3.63, 3.8) is 0 Å². The predicted octanol–water partition coefficient (Wildman–Crippen LogP) is 2.49. The van der Waals surface area contributed by atoms with Crippen LogP contribution in [0.15, 0.2) is 24.3 Å². The Kier molecular flexibility index (Phi) is 5.78. The van der Waals surface area contributed by atoms with E-state index in [0.29, 0.717) is 19.0 Å². The molecule has 1 unspecified atom stereocenters. The molecule has 1 aromatic rings. The third kappa shape index (κ3) is 4.88. The van der Waals surface area contributed by atoms with Gasteiger partial charge >= 0.3 is 5.97 Å². The van der Waals surface area contributed by atoms with Crippen LogP contribution in [0.2, 0.25) is 0 Å². The zero-order valence-corrected chi connectivity index (χ0v) is 12.1. The number of rotatable bonds is 7. The summed E-state index contributed by atoms with van der Waals surface area (Å²) < 4.78 is 16.4. The molecular formula is C16H20O5. The van der Waals surface area contributed by atoms with Gasteiger partial charge in [0.1, 0.15) is 5.75 Å². The Morgan fingerprint density at radius 1 is 1.52 bits per heavy atom. The molecule has 0 radical (unpaired) electrons. The van der Waals surface area contributed by atoms with Gasteiger partial charge < -0.3 is 19.3 Å². The first-order valence-corrected chi connectivity index (χ1v) is 6.96. The number of benzene rings is 1. The van der Waals surface area contributed by atoms with Gasteiger partial charge in [-0.15, -0.1) is 0 Å². The van der Waals surface area contributed by atoms with Crippen LogP contribution in [0.1, 0.15) is 24.0 Å². The third-order valence-corrected chi connectivity index (χ3v) is 3.30. The highest BCUT2D eigenvalue weighted by molar-refractivity contribution is 5.85. The van der Waals surface area contributed by atoms with Crippen molar-refractivity contribution in [2.75, 3.05) is 20.3 Å². The van der Waals surface area contributed by atoms with Crippen molar-refractivity contribution >= 4 is 12.0 Å². The maximum Gasteiger partial charge on any atom is 0.328 e. The molecule has 5 heteroatoms. The number of aliphatic carboxylic acids is 1. The summed E-state index contributed by atoms with van der Waals surface area (Å²) in [7, 11) is 1.56. The summed E-state index contributed by atoms with van der Waals surface area (Å²) in [6, 6.07) is 5.59. The molecule has 114 valence electrons. The molecule has 1 aliphatic rings.